The molecule has 0 radical (unpaired) electrons. The van der Waals surface area contributed by atoms with Crippen molar-refractivity contribution < 1.29 is 9.13 Å². The predicted octanol–water partition coefficient (Wildman–Crippen LogP) is 4.73. The largest absolute Gasteiger partial charge is 0.489 e. The minimum Gasteiger partial charge on any atom is -0.489 e. The van der Waals surface area contributed by atoms with E-state index in [0.717, 1.165) is 17.9 Å². The van der Waals surface area contributed by atoms with E-state index in [9.17, 15) is 4.39 Å². The molecule has 0 saturated carbocycles. The van der Waals surface area contributed by atoms with E-state index in [4.69, 9.17) is 16.3 Å². The summed E-state index contributed by atoms with van der Waals surface area (Å²) in [5.41, 5.74) is 1.79. The zero-order valence-electron chi connectivity index (χ0n) is 12.2. The average Bonchev–Trinajstić information content (AvgIpc) is 2.49. The third-order valence-corrected chi connectivity index (χ3v) is 3.72. The van der Waals surface area contributed by atoms with Crippen LogP contribution in [-0.4, -0.2) is 6.54 Å². The molecule has 0 saturated heterocycles. The minimum atomic E-state index is -0.424. The Morgan fingerprint density at radius 3 is 2.76 bits per heavy atom. The molecule has 2 nitrogen and oxygen atoms in total. The number of benzene rings is 2. The third kappa shape index (κ3) is 4.19. The van der Waals surface area contributed by atoms with Crippen LogP contribution in [0.3, 0.4) is 0 Å². The predicted molar refractivity (Wildman–Crippen MR) is 84.3 cm³/mol. The van der Waals surface area contributed by atoms with Gasteiger partial charge in [0.15, 0.2) is 0 Å². The van der Waals surface area contributed by atoms with E-state index in [1.165, 1.54) is 6.07 Å². The SMILES string of the molecule is CCNC(C)c1cccc(OCc2cccc(F)c2Cl)c1. The summed E-state index contributed by atoms with van der Waals surface area (Å²) in [6.07, 6.45) is 0. The molecule has 0 heterocycles. The number of rotatable bonds is 6. The second-order valence-electron chi connectivity index (χ2n) is 4.85. The van der Waals surface area contributed by atoms with Crippen molar-refractivity contribution in [3.05, 3.63) is 64.4 Å². The molecule has 4 heteroatoms. The van der Waals surface area contributed by atoms with E-state index in [0.29, 0.717) is 5.56 Å². The lowest BCUT2D eigenvalue weighted by Crippen LogP contribution is -2.17. The van der Waals surface area contributed by atoms with Crippen molar-refractivity contribution in [2.75, 3.05) is 6.54 Å². The van der Waals surface area contributed by atoms with Crippen LogP contribution in [-0.2, 0) is 6.61 Å². The molecule has 0 aromatic heterocycles. The van der Waals surface area contributed by atoms with Gasteiger partial charge >= 0.3 is 0 Å². The highest BCUT2D eigenvalue weighted by Crippen LogP contribution is 2.23. The van der Waals surface area contributed by atoms with Crippen LogP contribution in [0.1, 0.15) is 31.0 Å². The fraction of sp³-hybridized carbons (Fsp3) is 0.294. The molecule has 1 unspecified atom stereocenters. The first kappa shape index (κ1) is 15.8. The van der Waals surface area contributed by atoms with E-state index in [1.54, 1.807) is 12.1 Å². The molecule has 0 aliphatic carbocycles. The maximum Gasteiger partial charge on any atom is 0.142 e. The van der Waals surface area contributed by atoms with E-state index in [2.05, 4.69) is 25.2 Å². The van der Waals surface area contributed by atoms with Crippen molar-refractivity contribution in [2.24, 2.45) is 0 Å². The molecule has 0 fully saturated rings. The fourth-order valence-electron chi connectivity index (χ4n) is 2.12. The maximum absolute atomic E-state index is 13.4. The highest BCUT2D eigenvalue weighted by molar-refractivity contribution is 6.31. The summed E-state index contributed by atoms with van der Waals surface area (Å²) in [5.74, 6) is 0.324. The lowest BCUT2D eigenvalue weighted by molar-refractivity contribution is 0.305. The zero-order chi connectivity index (χ0) is 15.2. The minimum absolute atomic E-state index is 0.120. The zero-order valence-corrected chi connectivity index (χ0v) is 13.0. The van der Waals surface area contributed by atoms with E-state index >= 15 is 0 Å². The summed E-state index contributed by atoms with van der Waals surface area (Å²) in [4.78, 5) is 0. The monoisotopic (exact) mass is 307 g/mol. The van der Waals surface area contributed by atoms with Crippen LogP contribution in [0, 0.1) is 5.82 Å². The standard InChI is InChI=1S/C17H19ClFNO/c1-3-20-12(2)13-6-4-8-15(10-13)21-11-14-7-5-9-16(19)17(14)18/h4-10,12,20H,3,11H2,1-2H3. The van der Waals surface area contributed by atoms with Crippen LogP contribution in [0.2, 0.25) is 5.02 Å². The molecule has 2 rings (SSSR count). The Morgan fingerprint density at radius 2 is 2.00 bits per heavy atom. The Kier molecular flexibility index (Phi) is 5.59. The van der Waals surface area contributed by atoms with Gasteiger partial charge in [0.05, 0.1) is 5.02 Å². The Morgan fingerprint density at radius 1 is 1.24 bits per heavy atom. The summed E-state index contributed by atoms with van der Waals surface area (Å²) >= 11 is 5.92. The average molecular weight is 308 g/mol. The molecule has 0 aliphatic rings. The van der Waals surface area contributed by atoms with Crippen molar-refractivity contribution in [2.45, 2.75) is 26.5 Å². The number of hydrogen-bond acceptors (Lipinski definition) is 2. The molecule has 0 spiro atoms. The maximum atomic E-state index is 13.4. The van der Waals surface area contributed by atoms with Crippen LogP contribution in [0.5, 0.6) is 5.75 Å². The molecule has 0 aliphatic heterocycles. The van der Waals surface area contributed by atoms with Gasteiger partial charge in [-0.3, -0.25) is 0 Å². The Hall–Kier alpha value is -1.58. The van der Waals surface area contributed by atoms with Crippen molar-refractivity contribution in [3.8, 4) is 5.75 Å². The van der Waals surface area contributed by atoms with Crippen LogP contribution in [0.15, 0.2) is 42.5 Å². The summed E-state index contributed by atoms with van der Waals surface area (Å²) in [6.45, 7) is 5.33. The van der Waals surface area contributed by atoms with Gasteiger partial charge < -0.3 is 10.1 Å². The second kappa shape index (κ2) is 7.43. The molecule has 112 valence electrons. The molecule has 2 aromatic rings. The van der Waals surface area contributed by atoms with Crippen LogP contribution < -0.4 is 10.1 Å². The van der Waals surface area contributed by atoms with Gasteiger partial charge in [0.25, 0.3) is 0 Å². The summed E-state index contributed by atoms with van der Waals surface area (Å²) in [5, 5.41) is 3.47. The van der Waals surface area contributed by atoms with Crippen molar-refractivity contribution >= 4 is 11.6 Å². The van der Waals surface area contributed by atoms with Gasteiger partial charge in [-0.1, -0.05) is 42.8 Å². The van der Waals surface area contributed by atoms with Gasteiger partial charge in [0.2, 0.25) is 0 Å². The van der Waals surface area contributed by atoms with Crippen LogP contribution in [0.25, 0.3) is 0 Å². The summed E-state index contributed by atoms with van der Waals surface area (Å²) in [7, 11) is 0. The first-order valence-corrected chi connectivity index (χ1v) is 7.38. The molecule has 2 aromatic carbocycles. The number of ether oxygens (including phenoxy) is 1. The number of nitrogens with one attached hydrogen (secondary N) is 1. The van der Waals surface area contributed by atoms with Gasteiger partial charge in [0, 0.05) is 11.6 Å². The van der Waals surface area contributed by atoms with Gasteiger partial charge in [-0.25, -0.2) is 4.39 Å². The molecule has 0 bridgehead atoms. The fourth-order valence-corrected chi connectivity index (χ4v) is 2.30. The molecule has 21 heavy (non-hydrogen) atoms. The molecule has 1 atom stereocenters. The summed E-state index contributed by atoms with van der Waals surface area (Å²) < 4.78 is 19.1. The van der Waals surface area contributed by atoms with Crippen molar-refractivity contribution in [3.63, 3.8) is 0 Å². The highest BCUT2D eigenvalue weighted by atomic mass is 35.5. The number of hydrogen-bond donors (Lipinski definition) is 1. The molecule has 0 amide bonds. The number of halogens is 2. The first-order valence-electron chi connectivity index (χ1n) is 7.01. The molecular weight excluding hydrogens is 289 g/mol. The van der Waals surface area contributed by atoms with E-state index < -0.39 is 5.82 Å². The van der Waals surface area contributed by atoms with Crippen molar-refractivity contribution in [1.29, 1.82) is 0 Å². The summed E-state index contributed by atoms with van der Waals surface area (Å²) in [6, 6.07) is 12.9. The molecule has 1 N–H and O–H groups in total. The van der Waals surface area contributed by atoms with Crippen LogP contribution >= 0.6 is 11.6 Å². The second-order valence-corrected chi connectivity index (χ2v) is 5.23. The van der Waals surface area contributed by atoms with E-state index in [1.807, 2.05) is 18.2 Å². The van der Waals surface area contributed by atoms with Gasteiger partial charge in [-0.05, 0) is 37.2 Å². The smallest absolute Gasteiger partial charge is 0.142 e. The third-order valence-electron chi connectivity index (χ3n) is 3.29. The first-order chi connectivity index (χ1) is 10.1. The Labute approximate surface area is 129 Å². The lowest BCUT2D eigenvalue weighted by Gasteiger charge is -2.14. The Bertz CT molecular complexity index is 603. The topological polar surface area (TPSA) is 21.3 Å². The highest BCUT2D eigenvalue weighted by Gasteiger charge is 2.08. The van der Waals surface area contributed by atoms with Crippen LogP contribution in [0.4, 0.5) is 4.39 Å². The van der Waals surface area contributed by atoms with E-state index in [-0.39, 0.29) is 17.7 Å². The normalized spacial score (nSPS) is 12.2. The van der Waals surface area contributed by atoms with Gasteiger partial charge in [-0.15, -0.1) is 0 Å². The van der Waals surface area contributed by atoms with Gasteiger partial charge in [0.1, 0.15) is 18.2 Å². The molecular formula is C17H19ClFNO. The van der Waals surface area contributed by atoms with Gasteiger partial charge in [-0.2, -0.15) is 0 Å². The van der Waals surface area contributed by atoms with Crippen molar-refractivity contribution in [1.82, 2.24) is 5.32 Å². The Balaban J connectivity index is 2.06. The quantitative estimate of drug-likeness (QED) is 0.833. The lowest BCUT2D eigenvalue weighted by atomic mass is 10.1.